The van der Waals surface area contributed by atoms with E-state index in [9.17, 15) is 14.0 Å². The van der Waals surface area contributed by atoms with Crippen LogP contribution >= 0.6 is 23.2 Å². The molecule has 0 bridgehead atoms. The Morgan fingerprint density at radius 2 is 1.46 bits per heavy atom. The van der Waals surface area contributed by atoms with Gasteiger partial charge in [0.2, 0.25) is 5.91 Å². The van der Waals surface area contributed by atoms with Gasteiger partial charge in [0.1, 0.15) is 11.9 Å². The predicted molar refractivity (Wildman–Crippen MR) is 103 cm³/mol. The lowest BCUT2D eigenvalue weighted by Gasteiger charge is -2.30. The van der Waals surface area contributed by atoms with E-state index in [1.165, 1.54) is 12.1 Å². The summed E-state index contributed by atoms with van der Waals surface area (Å²) in [5.41, 5.74) is 1.05. The molecule has 3 saturated heterocycles. The number of benzene rings is 2. The van der Waals surface area contributed by atoms with Crippen molar-refractivity contribution < 1.29 is 14.0 Å². The summed E-state index contributed by atoms with van der Waals surface area (Å²) in [4.78, 5) is 27.9. The maximum atomic E-state index is 13.4. The van der Waals surface area contributed by atoms with Crippen molar-refractivity contribution in [3.63, 3.8) is 0 Å². The number of hydrogen-bond acceptors (Lipinski definition) is 4. The van der Waals surface area contributed by atoms with Crippen LogP contribution in [0.2, 0.25) is 10.0 Å². The number of halogens is 3. The van der Waals surface area contributed by atoms with Crippen LogP contribution in [0.4, 0.5) is 10.1 Å². The molecule has 3 aliphatic rings. The number of nitrogens with zero attached hydrogens (tertiary/aromatic N) is 3. The molecule has 144 valence electrons. The number of para-hydroxylation sites is 1. The Morgan fingerprint density at radius 1 is 0.857 bits per heavy atom. The highest BCUT2D eigenvalue weighted by atomic mass is 35.5. The minimum Gasteiger partial charge on any atom is -0.274 e. The normalized spacial score (nSPS) is 27.5. The number of imide groups is 1. The van der Waals surface area contributed by atoms with Gasteiger partial charge >= 0.3 is 0 Å². The second-order valence-electron chi connectivity index (χ2n) is 7.23. The van der Waals surface area contributed by atoms with Crippen LogP contribution in [0.25, 0.3) is 0 Å². The van der Waals surface area contributed by atoms with Crippen LogP contribution in [-0.2, 0) is 9.59 Å². The number of rotatable bonds is 2. The molecule has 0 unspecified atom stereocenters. The zero-order chi connectivity index (χ0) is 19.6. The summed E-state index contributed by atoms with van der Waals surface area (Å²) >= 11 is 12.6. The molecule has 3 aliphatic heterocycles. The second kappa shape index (κ2) is 6.52. The topological polar surface area (TPSA) is 43.9 Å². The third kappa shape index (κ3) is 2.45. The number of amides is 2. The van der Waals surface area contributed by atoms with Crippen LogP contribution in [0.15, 0.2) is 42.5 Å². The Kier molecular flexibility index (Phi) is 4.21. The van der Waals surface area contributed by atoms with E-state index in [0.717, 1.165) is 23.4 Å². The summed E-state index contributed by atoms with van der Waals surface area (Å²) in [6.07, 6.45) is 0.898. The number of carbonyl (C=O) groups is 2. The molecular weight excluding hydrogens is 404 g/mol. The van der Waals surface area contributed by atoms with Gasteiger partial charge in [0.05, 0.1) is 27.7 Å². The van der Waals surface area contributed by atoms with Gasteiger partial charge in [-0.15, -0.1) is 0 Å². The molecule has 3 heterocycles. The molecule has 2 aromatic carbocycles. The number of anilines is 1. The SMILES string of the molecule is O=C1[C@H]2[C@@H](C(=O)N1c1c(Cl)cccc1Cl)N1CCCN1[C@H]2c1ccc(F)cc1. The Hall–Kier alpha value is -1.99. The average molecular weight is 420 g/mol. The monoisotopic (exact) mass is 419 g/mol. The van der Waals surface area contributed by atoms with E-state index < -0.39 is 12.0 Å². The maximum absolute atomic E-state index is 13.4. The minimum absolute atomic E-state index is 0.235. The van der Waals surface area contributed by atoms with Crippen LogP contribution in [0, 0.1) is 11.7 Å². The van der Waals surface area contributed by atoms with Gasteiger partial charge in [0.15, 0.2) is 0 Å². The standard InChI is InChI=1S/C20H16Cl2FN3O2/c21-13-3-1-4-14(22)17(13)26-19(27)15-16(11-5-7-12(23)8-6-11)24-9-2-10-25(24)18(15)20(26)28/h1,3-8,15-16,18H,2,9-10H2/t15-,16+,18+/m1/s1. The van der Waals surface area contributed by atoms with Crippen molar-refractivity contribution >= 4 is 40.7 Å². The van der Waals surface area contributed by atoms with Crippen molar-refractivity contribution in [3.8, 4) is 0 Å². The van der Waals surface area contributed by atoms with Gasteiger partial charge in [-0.3, -0.25) is 9.59 Å². The van der Waals surface area contributed by atoms with Crippen molar-refractivity contribution in [2.24, 2.45) is 5.92 Å². The second-order valence-corrected chi connectivity index (χ2v) is 8.04. The van der Waals surface area contributed by atoms with Crippen LogP contribution < -0.4 is 4.90 Å². The number of carbonyl (C=O) groups excluding carboxylic acids is 2. The van der Waals surface area contributed by atoms with Crippen LogP contribution in [0.5, 0.6) is 0 Å². The van der Waals surface area contributed by atoms with Gasteiger partial charge in [-0.2, -0.15) is 0 Å². The zero-order valence-electron chi connectivity index (χ0n) is 14.7. The van der Waals surface area contributed by atoms with Gasteiger partial charge in [-0.1, -0.05) is 41.4 Å². The Labute approximate surface area is 171 Å². The first-order chi connectivity index (χ1) is 13.5. The number of hydrazine groups is 1. The highest BCUT2D eigenvalue weighted by molar-refractivity contribution is 6.42. The Morgan fingerprint density at radius 3 is 2.11 bits per heavy atom. The lowest BCUT2D eigenvalue weighted by molar-refractivity contribution is -0.126. The molecule has 0 aromatic heterocycles. The van der Waals surface area contributed by atoms with Gasteiger partial charge in [0.25, 0.3) is 5.91 Å². The molecule has 0 aliphatic carbocycles. The molecule has 5 rings (SSSR count). The Bertz CT molecular complexity index is 964. The summed E-state index contributed by atoms with van der Waals surface area (Å²) in [5, 5.41) is 4.56. The van der Waals surface area contributed by atoms with Crippen molar-refractivity contribution in [3.05, 3.63) is 63.9 Å². The third-order valence-corrected chi connectivity index (χ3v) is 6.39. The van der Waals surface area contributed by atoms with Crippen molar-refractivity contribution in [2.75, 3.05) is 18.0 Å². The Balaban J connectivity index is 1.62. The molecule has 5 nitrogen and oxygen atoms in total. The summed E-state index contributed by atoms with van der Waals surface area (Å²) in [6, 6.07) is 10.1. The first kappa shape index (κ1) is 18.1. The molecule has 2 amide bonds. The minimum atomic E-state index is -0.600. The van der Waals surface area contributed by atoms with Crippen LogP contribution in [0.1, 0.15) is 18.0 Å². The molecule has 0 spiro atoms. The van der Waals surface area contributed by atoms with Crippen molar-refractivity contribution in [2.45, 2.75) is 18.5 Å². The van der Waals surface area contributed by atoms with E-state index in [-0.39, 0.29) is 39.4 Å². The van der Waals surface area contributed by atoms with Crippen molar-refractivity contribution in [1.82, 2.24) is 10.0 Å². The molecule has 3 atom stereocenters. The fourth-order valence-corrected chi connectivity index (χ4v) is 5.26. The van der Waals surface area contributed by atoms with E-state index in [1.807, 2.05) is 5.01 Å². The van der Waals surface area contributed by atoms with Gasteiger partial charge in [0, 0.05) is 13.1 Å². The fourth-order valence-electron chi connectivity index (χ4n) is 4.70. The molecule has 8 heteroatoms. The predicted octanol–water partition coefficient (Wildman–Crippen LogP) is 3.67. The number of hydrogen-bond donors (Lipinski definition) is 0. The van der Waals surface area contributed by atoms with Crippen molar-refractivity contribution in [1.29, 1.82) is 0 Å². The summed E-state index contributed by atoms with van der Waals surface area (Å²) in [6.45, 7) is 1.45. The highest BCUT2D eigenvalue weighted by Gasteiger charge is 2.63. The summed E-state index contributed by atoms with van der Waals surface area (Å²) in [5.74, 6) is -1.57. The van der Waals surface area contributed by atoms with E-state index in [2.05, 4.69) is 5.01 Å². The molecule has 0 radical (unpaired) electrons. The molecule has 2 aromatic rings. The highest BCUT2D eigenvalue weighted by Crippen LogP contribution is 2.50. The average Bonchev–Trinajstić information content (AvgIpc) is 3.30. The molecule has 3 fully saturated rings. The lowest BCUT2D eigenvalue weighted by atomic mass is 9.90. The largest absolute Gasteiger partial charge is 0.274 e. The molecular formula is C20H16Cl2FN3O2. The lowest BCUT2D eigenvalue weighted by Crippen LogP contribution is -2.44. The van der Waals surface area contributed by atoms with E-state index in [0.29, 0.717) is 6.54 Å². The zero-order valence-corrected chi connectivity index (χ0v) is 16.2. The van der Waals surface area contributed by atoms with Gasteiger partial charge < -0.3 is 0 Å². The van der Waals surface area contributed by atoms with Gasteiger partial charge in [-0.25, -0.2) is 19.3 Å². The third-order valence-electron chi connectivity index (χ3n) is 5.78. The summed E-state index contributed by atoms with van der Waals surface area (Å²) in [7, 11) is 0. The first-order valence-corrected chi connectivity index (χ1v) is 9.85. The summed E-state index contributed by atoms with van der Waals surface area (Å²) < 4.78 is 13.4. The van der Waals surface area contributed by atoms with Crippen LogP contribution in [0.3, 0.4) is 0 Å². The van der Waals surface area contributed by atoms with E-state index >= 15 is 0 Å². The van der Waals surface area contributed by atoms with Crippen LogP contribution in [-0.4, -0.2) is 41.0 Å². The first-order valence-electron chi connectivity index (χ1n) is 9.09. The number of fused-ring (bicyclic) bond motifs is 3. The van der Waals surface area contributed by atoms with E-state index in [4.69, 9.17) is 23.2 Å². The smallest absolute Gasteiger partial charge is 0.253 e. The molecule has 28 heavy (non-hydrogen) atoms. The molecule has 0 saturated carbocycles. The maximum Gasteiger partial charge on any atom is 0.253 e. The molecule has 0 N–H and O–H groups in total. The quantitative estimate of drug-likeness (QED) is 0.696. The van der Waals surface area contributed by atoms with Gasteiger partial charge in [-0.05, 0) is 36.2 Å². The van der Waals surface area contributed by atoms with E-state index in [1.54, 1.807) is 30.3 Å². The fraction of sp³-hybridized carbons (Fsp3) is 0.300.